The van der Waals surface area contributed by atoms with Crippen LogP contribution in [0.2, 0.25) is 0 Å². The number of aryl methyl sites for hydroxylation is 1. The summed E-state index contributed by atoms with van der Waals surface area (Å²) in [5.41, 5.74) is 3.26. The maximum atomic E-state index is 12.7. The molecule has 1 unspecified atom stereocenters. The van der Waals surface area contributed by atoms with Crippen molar-refractivity contribution in [1.82, 2.24) is 0 Å². The van der Waals surface area contributed by atoms with Gasteiger partial charge in [0.05, 0.1) is 11.9 Å². The zero-order valence-electron chi connectivity index (χ0n) is 13.3. The quantitative estimate of drug-likeness (QED) is 0.773. The average Bonchev–Trinajstić information content (AvgIpc) is 2.52. The maximum absolute atomic E-state index is 12.7. The van der Waals surface area contributed by atoms with E-state index in [1.54, 1.807) is 24.3 Å². The molecule has 0 fully saturated rings. The molecule has 3 nitrogen and oxygen atoms in total. The van der Waals surface area contributed by atoms with E-state index in [1.807, 2.05) is 39.8 Å². The van der Waals surface area contributed by atoms with Gasteiger partial charge < -0.3 is 4.74 Å². The molecule has 4 heteroatoms. The van der Waals surface area contributed by atoms with Gasteiger partial charge in [0.25, 0.3) is 0 Å². The largest absolute Gasteiger partial charge is 0.493 e. The summed E-state index contributed by atoms with van der Waals surface area (Å²) in [6.07, 6.45) is 0. The molecular weight excluding hydrogens is 295 g/mol. The molecule has 2 aromatic rings. The van der Waals surface area contributed by atoms with Crippen LogP contribution in [0.5, 0.6) is 5.75 Å². The second-order valence-electron chi connectivity index (χ2n) is 5.18. The van der Waals surface area contributed by atoms with Crippen LogP contribution in [0.25, 0.3) is 0 Å². The third kappa shape index (κ3) is 3.10. The van der Waals surface area contributed by atoms with E-state index in [2.05, 4.69) is 0 Å². The molecule has 0 bridgehead atoms. The lowest BCUT2D eigenvalue weighted by Crippen LogP contribution is -2.10. The van der Waals surface area contributed by atoms with Crippen molar-refractivity contribution in [3.05, 3.63) is 58.7 Å². The first-order valence-corrected chi connectivity index (χ1v) is 8.53. The molecule has 0 aliphatic rings. The van der Waals surface area contributed by atoms with Crippen LogP contribution in [0.3, 0.4) is 0 Å². The summed E-state index contributed by atoms with van der Waals surface area (Å²) in [4.78, 5) is 12.6. The molecule has 0 aliphatic carbocycles. The minimum absolute atomic E-state index is 0.345. The lowest BCUT2D eigenvalue weighted by Gasteiger charge is -2.12. The second kappa shape index (κ2) is 6.85. The smallest absolute Gasteiger partial charge is 0.246 e. The first-order valence-electron chi connectivity index (χ1n) is 7.27. The lowest BCUT2D eigenvalue weighted by atomic mass is 10.00. The number of para-hydroxylation sites is 1. The van der Waals surface area contributed by atoms with E-state index in [4.69, 9.17) is 4.74 Å². The van der Waals surface area contributed by atoms with E-state index in [0.717, 1.165) is 16.7 Å². The number of benzene rings is 2. The Morgan fingerprint density at radius 1 is 1.05 bits per heavy atom. The van der Waals surface area contributed by atoms with Gasteiger partial charge in [-0.15, -0.1) is 0 Å². The molecule has 0 heterocycles. The minimum Gasteiger partial charge on any atom is -0.493 e. The number of carbonyl (C=O) groups excluding carboxylic acids is 1. The van der Waals surface area contributed by atoms with Gasteiger partial charge in [-0.1, -0.05) is 24.3 Å². The van der Waals surface area contributed by atoms with Gasteiger partial charge in [0.1, 0.15) is 5.75 Å². The van der Waals surface area contributed by atoms with E-state index in [-0.39, 0.29) is 5.52 Å². The molecule has 0 amide bonds. The molecule has 0 N–H and O–H groups in total. The van der Waals surface area contributed by atoms with Crippen molar-refractivity contribution >= 4 is 18.6 Å². The van der Waals surface area contributed by atoms with Crippen molar-refractivity contribution in [2.24, 2.45) is 0 Å². The monoisotopic (exact) mass is 315 g/mol. The van der Waals surface area contributed by atoms with Gasteiger partial charge in [-0.25, -0.2) is 0 Å². The zero-order chi connectivity index (χ0) is 16.3. The Balaban J connectivity index is 2.43. The maximum Gasteiger partial charge on any atom is 0.246 e. The van der Waals surface area contributed by atoms with Gasteiger partial charge in [0.2, 0.25) is 5.52 Å². The fraction of sp³-hybridized carbons (Fsp3) is 0.278. The van der Waals surface area contributed by atoms with Crippen molar-refractivity contribution < 1.29 is 14.1 Å². The van der Waals surface area contributed by atoms with Crippen LogP contribution in [0.1, 0.15) is 34.0 Å². The summed E-state index contributed by atoms with van der Waals surface area (Å²) in [5.74, 6) is 0.515. The van der Waals surface area contributed by atoms with Gasteiger partial charge in [-0.2, -0.15) is 0 Å². The standard InChI is InChI=1S/C18H20O3P/c1-5-21-16-8-6-7-9-17(16)22(20)18(19)15-11-10-12(2)13(3)14(15)4/h6-11H,5H2,1-4H3. The molecule has 0 saturated carbocycles. The Kier molecular flexibility index (Phi) is 5.10. The van der Waals surface area contributed by atoms with Crippen molar-refractivity contribution in [3.8, 4) is 5.75 Å². The second-order valence-corrected chi connectivity index (χ2v) is 6.66. The Bertz CT molecular complexity index is 735. The summed E-state index contributed by atoms with van der Waals surface area (Å²) >= 11 is 0. The summed E-state index contributed by atoms with van der Waals surface area (Å²) in [6, 6.07) is 10.7. The highest BCUT2D eigenvalue weighted by atomic mass is 31.1. The molecule has 0 aromatic heterocycles. The van der Waals surface area contributed by atoms with Crippen LogP contribution in [0, 0.1) is 20.8 Å². The third-order valence-corrected chi connectivity index (χ3v) is 5.27. The molecule has 22 heavy (non-hydrogen) atoms. The zero-order valence-corrected chi connectivity index (χ0v) is 14.2. The minimum atomic E-state index is -2.20. The highest BCUT2D eigenvalue weighted by molar-refractivity contribution is 7.71. The van der Waals surface area contributed by atoms with Crippen LogP contribution in [-0.2, 0) is 4.57 Å². The molecule has 1 atom stereocenters. The molecule has 2 aromatic carbocycles. The third-order valence-electron chi connectivity index (χ3n) is 3.86. The number of hydrogen-bond acceptors (Lipinski definition) is 3. The predicted molar refractivity (Wildman–Crippen MR) is 89.8 cm³/mol. The normalized spacial score (nSPS) is 11.2. The number of ether oxygens (including phenoxy) is 1. The van der Waals surface area contributed by atoms with Gasteiger partial charge in [-0.3, -0.25) is 9.36 Å². The fourth-order valence-corrected chi connectivity index (χ4v) is 3.55. The van der Waals surface area contributed by atoms with Crippen LogP contribution in [-0.4, -0.2) is 12.1 Å². The van der Waals surface area contributed by atoms with Gasteiger partial charge >= 0.3 is 0 Å². The number of carbonyl (C=O) groups is 1. The van der Waals surface area contributed by atoms with E-state index in [9.17, 15) is 9.36 Å². The molecular formula is C18H20O3P. The Labute approximate surface area is 132 Å². The van der Waals surface area contributed by atoms with E-state index in [0.29, 0.717) is 23.2 Å². The van der Waals surface area contributed by atoms with Crippen molar-refractivity contribution in [3.63, 3.8) is 0 Å². The summed E-state index contributed by atoms with van der Waals surface area (Å²) in [5, 5.41) is 0.460. The lowest BCUT2D eigenvalue weighted by molar-refractivity contribution is 0.107. The van der Waals surface area contributed by atoms with Crippen molar-refractivity contribution in [2.45, 2.75) is 27.7 Å². The molecule has 0 aliphatic heterocycles. The summed E-state index contributed by atoms with van der Waals surface area (Å²) < 4.78 is 18.2. The van der Waals surface area contributed by atoms with Gasteiger partial charge in [-0.05, 0) is 56.5 Å². The van der Waals surface area contributed by atoms with E-state index >= 15 is 0 Å². The van der Waals surface area contributed by atoms with E-state index < -0.39 is 7.80 Å². The fourth-order valence-electron chi connectivity index (χ4n) is 2.31. The predicted octanol–water partition coefficient (Wildman–Crippen LogP) is 4.30. The van der Waals surface area contributed by atoms with Crippen molar-refractivity contribution in [1.29, 1.82) is 0 Å². The highest BCUT2D eigenvalue weighted by Gasteiger charge is 2.23. The Morgan fingerprint density at radius 3 is 2.41 bits per heavy atom. The molecule has 1 radical (unpaired) electrons. The van der Waals surface area contributed by atoms with Crippen molar-refractivity contribution in [2.75, 3.05) is 6.61 Å². The van der Waals surface area contributed by atoms with E-state index in [1.165, 1.54) is 0 Å². The van der Waals surface area contributed by atoms with Crippen LogP contribution >= 0.6 is 7.80 Å². The van der Waals surface area contributed by atoms with Gasteiger partial charge in [0, 0.05) is 5.56 Å². The number of hydrogen-bond donors (Lipinski definition) is 0. The summed E-state index contributed by atoms with van der Waals surface area (Å²) in [7, 11) is -2.20. The first-order chi connectivity index (χ1) is 10.5. The van der Waals surface area contributed by atoms with Crippen LogP contribution in [0.4, 0.5) is 0 Å². The van der Waals surface area contributed by atoms with Crippen LogP contribution < -0.4 is 10.0 Å². The Morgan fingerprint density at radius 2 is 1.73 bits per heavy atom. The van der Waals surface area contributed by atoms with Gasteiger partial charge in [0.15, 0.2) is 7.80 Å². The molecule has 115 valence electrons. The topological polar surface area (TPSA) is 43.4 Å². The molecule has 2 rings (SSSR count). The highest BCUT2D eigenvalue weighted by Crippen LogP contribution is 2.32. The SMILES string of the molecule is CCOc1ccccc1[P](=O)C(=O)c1ccc(C)c(C)c1C. The molecule has 0 saturated heterocycles. The number of rotatable bonds is 5. The first kappa shape index (κ1) is 16.4. The molecule has 0 spiro atoms. The Hall–Kier alpha value is -1.99. The average molecular weight is 315 g/mol. The summed E-state index contributed by atoms with van der Waals surface area (Å²) in [6.45, 7) is 8.20. The van der Waals surface area contributed by atoms with Crippen LogP contribution in [0.15, 0.2) is 36.4 Å².